The molecule has 210 valence electrons. The van der Waals surface area contributed by atoms with E-state index in [-0.39, 0.29) is 5.91 Å². The molecule has 38 heavy (non-hydrogen) atoms. The van der Waals surface area contributed by atoms with Crippen molar-refractivity contribution in [1.29, 1.82) is 0 Å². The first-order valence-electron chi connectivity index (χ1n) is 14.3. The van der Waals surface area contributed by atoms with Crippen LogP contribution in [0.1, 0.15) is 56.6 Å². The number of nitrogens with zero attached hydrogens (tertiary/aromatic N) is 2. The Balaban J connectivity index is 1.12. The fraction of sp³-hybridized carbons (Fsp3) is 0.633. The van der Waals surface area contributed by atoms with E-state index in [1.165, 1.54) is 48.2 Å². The highest BCUT2D eigenvalue weighted by Gasteiger charge is 2.33. The van der Waals surface area contributed by atoms with E-state index in [0.29, 0.717) is 65.6 Å². The van der Waals surface area contributed by atoms with Gasteiger partial charge in [0, 0.05) is 43.8 Å². The minimum atomic E-state index is 0.0428. The Morgan fingerprint density at radius 2 is 1.39 bits per heavy atom. The van der Waals surface area contributed by atoms with Crippen LogP contribution in [0.2, 0.25) is 0 Å². The maximum Gasteiger partial charge on any atom is 0.345 e. The van der Waals surface area contributed by atoms with Gasteiger partial charge in [-0.2, -0.15) is 0 Å². The highest BCUT2D eigenvalue weighted by Crippen LogP contribution is 2.18. The lowest BCUT2D eigenvalue weighted by Gasteiger charge is -2.08. The molecule has 1 aliphatic rings. The molecule has 0 bridgehead atoms. The molecule has 8 nitrogen and oxygen atoms in total. The molecule has 2 aromatic rings. The van der Waals surface area contributed by atoms with Gasteiger partial charge >= 0.3 is 6.67 Å². The normalized spacial score (nSPS) is 11.9. The van der Waals surface area contributed by atoms with Gasteiger partial charge in [0.2, 0.25) is 5.91 Å². The van der Waals surface area contributed by atoms with Crippen LogP contribution >= 0.6 is 0 Å². The number of unbranched alkanes of at least 4 members (excludes halogenated alkanes) is 4. The van der Waals surface area contributed by atoms with Crippen molar-refractivity contribution in [3.8, 4) is 11.4 Å². The first-order chi connectivity index (χ1) is 18.7. The highest BCUT2D eigenvalue weighted by atomic mass is 16.6. The molecule has 0 radical (unpaired) electrons. The maximum atomic E-state index is 12.2. The van der Waals surface area contributed by atoms with Crippen LogP contribution in [-0.2, 0) is 36.8 Å². The summed E-state index contributed by atoms with van der Waals surface area (Å²) in [6.07, 6.45) is 11.7. The number of aryl methyl sites for hydroxylation is 2. The number of aromatic nitrogens is 2. The molecule has 0 saturated carbocycles. The van der Waals surface area contributed by atoms with E-state index in [4.69, 9.17) is 18.9 Å². The van der Waals surface area contributed by atoms with E-state index in [1.807, 2.05) is 0 Å². The van der Waals surface area contributed by atoms with Gasteiger partial charge in [-0.25, -0.2) is 0 Å². The summed E-state index contributed by atoms with van der Waals surface area (Å²) in [5.41, 5.74) is 4.84. The van der Waals surface area contributed by atoms with Gasteiger partial charge in [0.15, 0.2) is 12.4 Å². The molecule has 0 aromatic carbocycles. The number of nitrogens with one attached hydrogen (secondary N) is 1. The van der Waals surface area contributed by atoms with Crippen molar-refractivity contribution in [1.82, 2.24) is 5.32 Å². The van der Waals surface area contributed by atoms with Crippen molar-refractivity contribution in [3.63, 3.8) is 0 Å². The lowest BCUT2D eigenvalue weighted by atomic mass is 10.1. The number of carbonyl (C=O) groups is 1. The summed E-state index contributed by atoms with van der Waals surface area (Å²) < 4.78 is 26.6. The van der Waals surface area contributed by atoms with Crippen molar-refractivity contribution < 1.29 is 32.9 Å². The Hall–Kier alpha value is -2.39. The zero-order chi connectivity index (χ0) is 26.8. The third-order valence-corrected chi connectivity index (χ3v) is 6.58. The second kappa shape index (κ2) is 18.0. The number of amides is 1. The minimum Gasteiger partial charge on any atom is -0.379 e. The molecule has 1 N–H and O–H groups in total. The molecule has 3 rings (SSSR count). The van der Waals surface area contributed by atoms with Gasteiger partial charge in [0.1, 0.15) is 0 Å². The van der Waals surface area contributed by atoms with Crippen LogP contribution in [0, 0.1) is 6.92 Å². The van der Waals surface area contributed by atoms with Gasteiger partial charge in [0.05, 0.1) is 46.2 Å². The highest BCUT2D eigenvalue weighted by molar-refractivity contribution is 5.76. The lowest BCUT2D eigenvalue weighted by Crippen LogP contribution is -2.44. The quantitative estimate of drug-likeness (QED) is 0.170. The summed E-state index contributed by atoms with van der Waals surface area (Å²) in [6.45, 7) is 10.3. The third-order valence-electron chi connectivity index (χ3n) is 6.58. The van der Waals surface area contributed by atoms with E-state index in [2.05, 4.69) is 65.0 Å². The van der Waals surface area contributed by atoms with E-state index in [9.17, 15) is 4.79 Å². The summed E-state index contributed by atoms with van der Waals surface area (Å²) >= 11 is 0. The molecule has 1 amide bonds. The summed E-state index contributed by atoms with van der Waals surface area (Å²) in [5.74, 6) is 0.0428. The largest absolute Gasteiger partial charge is 0.379 e. The van der Waals surface area contributed by atoms with Crippen molar-refractivity contribution in [2.45, 2.75) is 65.5 Å². The zero-order valence-electron chi connectivity index (χ0n) is 23.4. The van der Waals surface area contributed by atoms with Gasteiger partial charge in [-0.15, -0.1) is 9.13 Å². The molecule has 1 aliphatic heterocycles. The lowest BCUT2D eigenvalue weighted by molar-refractivity contribution is -0.877. The summed E-state index contributed by atoms with van der Waals surface area (Å²) in [5, 5.41) is 2.93. The molecular formula is C30H47N3O5+2. The second-order valence-electron chi connectivity index (χ2n) is 9.80. The molecule has 8 heteroatoms. The molecule has 2 aromatic heterocycles. The molecular weight excluding hydrogens is 482 g/mol. The predicted octanol–water partition coefficient (Wildman–Crippen LogP) is 3.14. The number of hydrogen-bond donors (Lipinski definition) is 1. The molecule has 0 spiro atoms. The predicted molar refractivity (Wildman–Crippen MR) is 146 cm³/mol. The van der Waals surface area contributed by atoms with E-state index in [1.54, 1.807) is 0 Å². The second-order valence-corrected chi connectivity index (χ2v) is 9.80. The first kappa shape index (κ1) is 30.2. The van der Waals surface area contributed by atoms with Crippen LogP contribution in [-0.4, -0.2) is 65.3 Å². The average molecular weight is 530 g/mol. The Morgan fingerprint density at radius 1 is 0.789 bits per heavy atom. The number of fused-ring (bicyclic) bond motifs is 3. The number of rotatable bonds is 21. The molecule has 3 heterocycles. The van der Waals surface area contributed by atoms with Crippen molar-refractivity contribution in [2.75, 3.05) is 59.4 Å². The standard InChI is InChI=1S/C30H46N3O5/c1-3-4-5-6-7-15-35-17-19-37-21-22-38-20-18-36-16-12-31-30(34)9-8-27-11-14-33-25-32-13-10-26(2)23-28(32)29(33)24-27/h10-11,13-14,23-24H,3-9,12,15-22,25H2,1-2H3/q+1/p+1. The summed E-state index contributed by atoms with van der Waals surface area (Å²) in [4.78, 5) is 12.2. The minimum absolute atomic E-state index is 0.0428. The Bertz CT molecular complexity index is 969. The van der Waals surface area contributed by atoms with E-state index >= 15 is 0 Å². The van der Waals surface area contributed by atoms with Crippen molar-refractivity contribution in [3.05, 3.63) is 47.8 Å². The molecule has 0 fully saturated rings. The fourth-order valence-electron chi connectivity index (χ4n) is 4.39. The average Bonchev–Trinajstić information content (AvgIpc) is 3.28. The Kier molecular flexibility index (Phi) is 14.3. The smallest absolute Gasteiger partial charge is 0.345 e. The van der Waals surface area contributed by atoms with Gasteiger partial charge in [-0.3, -0.25) is 4.79 Å². The van der Waals surface area contributed by atoms with Crippen LogP contribution in [0.25, 0.3) is 11.4 Å². The van der Waals surface area contributed by atoms with E-state index in [0.717, 1.165) is 19.7 Å². The van der Waals surface area contributed by atoms with Crippen molar-refractivity contribution >= 4 is 5.91 Å². The zero-order valence-corrected chi connectivity index (χ0v) is 23.4. The molecule has 0 unspecified atom stereocenters. The monoisotopic (exact) mass is 529 g/mol. The van der Waals surface area contributed by atoms with Crippen LogP contribution in [0.15, 0.2) is 36.7 Å². The maximum absolute atomic E-state index is 12.2. The molecule has 0 saturated heterocycles. The Labute approximate surface area is 228 Å². The first-order valence-corrected chi connectivity index (χ1v) is 14.3. The fourth-order valence-corrected chi connectivity index (χ4v) is 4.39. The van der Waals surface area contributed by atoms with Crippen LogP contribution in [0.3, 0.4) is 0 Å². The van der Waals surface area contributed by atoms with Crippen LogP contribution in [0.5, 0.6) is 0 Å². The van der Waals surface area contributed by atoms with Crippen LogP contribution in [0.4, 0.5) is 0 Å². The van der Waals surface area contributed by atoms with Gasteiger partial charge < -0.3 is 24.3 Å². The van der Waals surface area contributed by atoms with Gasteiger partial charge in [0.25, 0.3) is 11.4 Å². The number of pyridine rings is 2. The SMILES string of the molecule is CCCCCCCOCCOCCOCCOCCNC(=O)CCc1cc[n+]2c(c1)-c1cc(C)cc[n+]1C2. The van der Waals surface area contributed by atoms with Gasteiger partial charge in [-0.05, 0) is 30.9 Å². The third kappa shape index (κ3) is 11.2. The number of hydrogen-bond acceptors (Lipinski definition) is 5. The van der Waals surface area contributed by atoms with E-state index < -0.39 is 0 Å². The molecule has 0 atom stereocenters. The summed E-state index contributed by atoms with van der Waals surface area (Å²) in [6, 6.07) is 8.64. The summed E-state index contributed by atoms with van der Waals surface area (Å²) in [7, 11) is 0. The van der Waals surface area contributed by atoms with Gasteiger partial charge in [-0.1, -0.05) is 32.6 Å². The Morgan fingerprint density at radius 3 is 2.11 bits per heavy atom. The molecule has 0 aliphatic carbocycles. The topological polar surface area (TPSA) is 73.8 Å². The van der Waals surface area contributed by atoms with Crippen LogP contribution < -0.4 is 14.5 Å². The number of ether oxygens (including phenoxy) is 4. The number of carbonyl (C=O) groups excluding carboxylic acids is 1. The van der Waals surface area contributed by atoms with Crippen molar-refractivity contribution in [2.24, 2.45) is 0 Å².